The Morgan fingerprint density at radius 1 is 1.00 bits per heavy atom. The van der Waals surface area contributed by atoms with Crippen molar-refractivity contribution in [3.05, 3.63) is 10.8 Å². The van der Waals surface area contributed by atoms with Gasteiger partial charge in [0.15, 0.2) is 0 Å². The highest BCUT2D eigenvalue weighted by atomic mass is 28.1. The summed E-state index contributed by atoms with van der Waals surface area (Å²) in [7, 11) is 3.02. The molecule has 4 heteroatoms. The van der Waals surface area contributed by atoms with Crippen LogP contribution in [-0.4, -0.2) is 45.4 Å². The molecule has 0 aromatic carbocycles. The van der Waals surface area contributed by atoms with Crippen molar-refractivity contribution in [2.75, 3.05) is 19.8 Å². The van der Waals surface area contributed by atoms with Crippen molar-refractivity contribution < 1.29 is 15.3 Å². The molecule has 0 heterocycles. The lowest BCUT2D eigenvalue weighted by molar-refractivity contribution is 0.269. The molecule has 0 aromatic rings. The van der Waals surface area contributed by atoms with E-state index in [-0.39, 0.29) is 19.8 Å². The molecule has 3 N–H and O–H groups in total. The largest absolute Gasteiger partial charge is 0.392 e. The molecule has 0 amide bonds. The number of hydrogen-bond donors (Lipinski definition) is 3. The zero-order valence-electron chi connectivity index (χ0n) is 4.96. The number of rotatable bonds is 3. The Bertz CT molecular complexity index is 105. The molecule has 0 aliphatic heterocycles. The molecule has 0 fully saturated rings. The summed E-state index contributed by atoms with van der Waals surface area (Å²) in [6, 6.07) is 0. The zero-order chi connectivity index (χ0) is 7.28. The summed E-state index contributed by atoms with van der Waals surface area (Å²) < 4.78 is 0. The molecular weight excluding hydrogens is 136 g/mol. The molecule has 0 atom stereocenters. The van der Waals surface area contributed by atoms with Gasteiger partial charge in [0.2, 0.25) is 0 Å². The van der Waals surface area contributed by atoms with Gasteiger partial charge >= 0.3 is 0 Å². The van der Waals surface area contributed by atoms with Gasteiger partial charge in [-0.2, -0.15) is 0 Å². The van der Waals surface area contributed by atoms with Crippen molar-refractivity contribution >= 4 is 10.2 Å². The Hall–Kier alpha value is -0.163. The first kappa shape index (κ1) is 8.84. The van der Waals surface area contributed by atoms with E-state index in [1.807, 2.05) is 0 Å². The van der Waals surface area contributed by atoms with Gasteiger partial charge in [-0.15, -0.1) is 0 Å². The van der Waals surface area contributed by atoms with Gasteiger partial charge < -0.3 is 15.3 Å². The normalized spacial score (nSPS) is 9.33. The summed E-state index contributed by atoms with van der Waals surface area (Å²) in [6.45, 7) is -0.640. The van der Waals surface area contributed by atoms with Gasteiger partial charge in [0.05, 0.1) is 30.1 Å². The molecule has 0 saturated heterocycles. The second-order valence-electron chi connectivity index (χ2n) is 1.56. The van der Waals surface area contributed by atoms with Gasteiger partial charge in [-0.3, -0.25) is 0 Å². The summed E-state index contributed by atoms with van der Waals surface area (Å²) in [5.41, 5.74) is 0.411. The lowest BCUT2D eigenvalue weighted by Gasteiger charge is -2.02. The number of aliphatic hydroxyl groups excluding tert-OH is 3. The van der Waals surface area contributed by atoms with Crippen molar-refractivity contribution in [3.63, 3.8) is 0 Å². The maximum Gasteiger partial charge on any atom is 0.0684 e. The Balaban J connectivity index is 4.01. The standard InChI is InChI=1S/C5H9O3Si/c6-1-4(2-7)5(9)3-8/h6-8H,1-3H2. The first-order valence-corrected chi connectivity index (χ1v) is 3.01. The third-order valence-corrected chi connectivity index (χ3v) is 1.48. The van der Waals surface area contributed by atoms with Gasteiger partial charge in [0, 0.05) is 0 Å². The van der Waals surface area contributed by atoms with Crippen LogP contribution in [0.5, 0.6) is 0 Å². The minimum atomic E-state index is -0.226. The maximum absolute atomic E-state index is 8.47. The molecule has 0 unspecified atom stereocenters. The lowest BCUT2D eigenvalue weighted by atomic mass is 10.3. The quantitative estimate of drug-likeness (QED) is 0.419. The molecule has 0 saturated carbocycles. The van der Waals surface area contributed by atoms with Gasteiger partial charge in [0.25, 0.3) is 0 Å². The molecule has 9 heavy (non-hydrogen) atoms. The molecule has 0 aromatic heterocycles. The summed E-state index contributed by atoms with van der Waals surface area (Å²) in [4.78, 5) is 0. The third kappa shape index (κ3) is 2.76. The molecule has 0 aliphatic carbocycles. The highest BCUT2D eigenvalue weighted by Crippen LogP contribution is 1.96. The van der Waals surface area contributed by atoms with Crippen LogP contribution < -0.4 is 0 Å². The van der Waals surface area contributed by atoms with E-state index in [4.69, 9.17) is 15.3 Å². The fraction of sp³-hybridized carbons (Fsp3) is 0.600. The van der Waals surface area contributed by atoms with Crippen molar-refractivity contribution in [2.45, 2.75) is 0 Å². The number of aliphatic hydroxyl groups is 3. The summed E-state index contributed by atoms with van der Waals surface area (Å²) >= 11 is 0. The molecule has 51 valence electrons. The van der Waals surface area contributed by atoms with Crippen molar-refractivity contribution in [1.29, 1.82) is 0 Å². The van der Waals surface area contributed by atoms with Crippen LogP contribution >= 0.6 is 0 Å². The van der Waals surface area contributed by atoms with E-state index in [1.54, 1.807) is 0 Å². The molecule has 0 bridgehead atoms. The Kier molecular flexibility index (Phi) is 4.61. The van der Waals surface area contributed by atoms with Crippen LogP contribution in [0.3, 0.4) is 0 Å². The molecular formula is C5H9O3Si. The minimum absolute atomic E-state index is 0.187. The lowest BCUT2D eigenvalue weighted by Crippen LogP contribution is -2.04. The van der Waals surface area contributed by atoms with E-state index in [0.29, 0.717) is 10.8 Å². The number of hydrogen-bond acceptors (Lipinski definition) is 3. The first-order chi connectivity index (χ1) is 4.26. The Morgan fingerprint density at radius 3 is 1.56 bits per heavy atom. The highest BCUT2D eigenvalue weighted by Gasteiger charge is 1.96. The van der Waals surface area contributed by atoms with Crippen LogP contribution in [0.2, 0.25) is 0 Å². The highest BCUT2D eigenvalue weighted by molar-refractivity contribution is 6.22. The summed E-state index contributed by atoms with van der Waals surface area (Å²) in [5, 5.41) is 25.8. The Labute approximate surface area is 57.1 Å². The molecule has 3 nitrogen and oxygen atoms in total. The first-order valence-electron chi connectivity index (χ1n) is 2.51. The topological polar surface area (TPSA) is 60.7 Å². The van der Waals surface area contributed by atoms with Crippen LogP contribution in [0.15, 0.2) is 10.8 Å². The molecule has 0 rings (SSSR count). The van der Waals surface area contributed by atoms with E-state index in [1.165, 1.54) is 0 Å². The van der Waals surface area contributed by atoms with Crippen LogP contribution in [0.4, 0.5) is 0 Å². The monoisotopic (exact) mass is 145 g/mol. The van der Waals surface area contributed by atoms with Gasteiger partial charge in [0.1, 0.15) is 0 Å². The average molecular weight is 145 g/mol. The van der Waals surface area contributed by atoms with Crippen LogP contribution in [-0.2, 0) is 0 Å². The van der Waals surface area contributed by atoms with E-state index < -0.39 is 0 Å². The van der Waals surface area contributed by atoms with Crippen molar-refractivity contribution in [1.82, 2.24) is 0 Å². The van der Waals surface area contributed by atoms with Crippen molar-refractivity contribution in [2.24, 2.45) is 0 Å². The summed E-state index contributed by atoms with van der Waals surface area (Å²) in [5.74, 6) is 0. The van der Waals surface area contributed by atoms with Crippen LogP contribution in [0, 0.1) is 0 Å². The van der Waals surface area contributed by atoms with E-state index >= 15 is 0 Å². The SMILES string of the molecule is OCC([Si])=C(CO)CO. The second-order valence-corrected chi connectivity index (χ2v) is 2.16. The van der Waals surface area contributed by atoms with Gasteiger partial charge in [-0.05, 0) is 5.57 Å². The fourth-order valence-corrected chi connectivity index (χ4v) is 0.511. The van der Waals surface area contributed by atoms with Gasteiger partial charge in [-0.25, -0.2) is 0 Å². The van der Waals surface area contributed by atoms with E-state index in [2.05, 4.69) is 10.2 Å². The van der Waals surface area contributed by atoms with Crippen LogP contribution in [0.25, 0.3) is 0 Å². The van der Waals surface area contributed by atoms with Crippen molar-refractivity contribution in [3.8, 4) is 0 Å². The maximum atomic E-state index is 8.47. The Morgan fingerprint density at radius 2 is 1.44 bits per heavy atom. The smallest absolute Gasteiger partial charge is 0.0684 e. The van der Waals surface area contributed by atoms with Crippen LogP contribution in [0.1, 0.15) is 0 Å². The fourth-order valence-electron chi connectivity index (χ4n) is 0.353. The molecule has 0 spiro atoms. The summed E-state index contributed by atoms with van der Waals surface area (Å²) in [6.07, 6.45) is 0. The van der Waals surface area contributed by atoms with E-state index in [0.717, 1.165) is 0 Å². The van der Waals surface area contributed by atoms with E-state index in [9.17, 15) is 0 Å². The average Bonchev–Trinajstić information content (AvgIpc) is 1.90. The third-order valence-electron chi connectivity index (χ3n) is 0.967. The molecule has 0 aliphatic rings. The van der Waals surface area contributed by atoms with Gasteiger partial charge in [-0.1, -0.05) is 5.20 Å². The molecule has 3 radical (unpaired) electrons. The second kappa shape index (κ2) is 4.69. The predicted molar refractivity (Wildman–Crippen MR) is 34.0 cm³/mol. The predicted octanol–water partition coefficient (Wildman–Crippen LogP) is -1.61. The minimum Gasteiger partial charge on any atom is -0.392 e. The zero-order valence-corrected chi connectivity index (χ0v) is 5.96.